The Morgan fingerprint density at radius 3 is 0.587 bits per heavy atom. The summed E-state index contributed by atoms with van der Waals surface area (Å²) in [6.45, 7) is 17.4. The number of nitrogens with zero attached hydrogens (tertiary/aromatic N) is 4. The van der Waals surface area contributed by atoms with E-state index >= 15 is 0 Å². The molecule has 12 nitrogen and oxygen atoms in total. The molecule has 0 unspecified atom stereocenters. The summed E-state index contributed by atoms with van der Waals surface area (Å²) in [5.74, 6) is 3.78. The van der Waals surface area contributed by atoms with E-state index < -0.39 is 0 Å². The molecular weight excluding hydrogens is 1140 g/mol. The molecule has 0 saturated carbocycles. The third-order valence-corrected chi connectivity index (χ3v) is 19.0. The summed E-state index contributed by atoms with van der Waals surface area (Å²) >= 11 is 0. The highest BCUT2D eigenvalue weighted by Crippen LogP contribution is 2.42. The Bertz CT molecular complexity index is 2260. The van der Waals surface area contributed by atoms with Crippen LogP contribution in [0, 0.1) is 0 Å². The molecule has 1 aliphatic carbocycles. The fourth-order valence-electron chi connectivity index (χ4n) is 13.9. The van der Waals surface area contributed by atoms with Gasteiger partial charge in [-0.15, -0.1) is 0 Å². The van der Waals surface area contributed by atoms with Crippen molar-refractivity contribution in [3.63, 3.8) is 0 Å². The van der Waals surface area contributed by atoms with Crippen LogP contribution in [0.1, 0.15) is 249 Å². The molecular formula is C80H136N4O8+4. The van der Waals surface area contributed by atoms with Crippen LogP contribution in [0.2, 0.25) is 0 Å². The van der Waals surface area contributed by atoms with E-state index in [9.17, 15) is 20.4 Å². The van der Waals surface area contributed by atoms with Gasteiger partial charge in [-0.2, -0.15) is 0 Å². The number of aliphatic hydroxyl groups excluding tert-OH is 4. The summed E-state index contributed by atoms with van der Waals surface area (Å²) in [4.78, 5) is 0. The fourth-order valence-corrected chi connectivity index (χ4v) is 13.9. The first-order chi connectivity index (χ1) is 44.2. The van der Waals surface area contributed by atoms with E-state index in [0.29, 0.717) is 96.2 Å². The molecule has 0 aromatic heterocycles. The van der Waals surface area contributed by atoms with E-state index in [4.69, 9.17) is 18.9 Å². The van der Waals surface area contributed by atoms with Crippen LogP contribution in [0.4, 0.5) is 0 Å². The highest BCUT2D eigenvalue weighted by Gasteiger charge is 2.29. The molecule has 0 amide bonds. The second kappa shape index (κ2) is 41.7. The Balaban J connectivity index is 1.99. The molecule has 0 spiro atoms. The highest BCUT2D eigenvalue weighted by atomic mass is 16.5. The summed E-state index contributed by atoms with van der Waals surface area (Å²) in [6, 6.07) is 19.3. The summed E-state index contributed by atoms with van der Waals surface area (Å²) < 4.78 is 32.2. The summed E-state index contributed by atoms with van der Waals surface area (Å²) in [5, 5.41) is 42.0. The maximum absolute atomic E-state index is 10.5. The number of aliphatic hydroxyl groups is 4. The van der Waals surface area contributed by atoms with E-state index in [1.54, 1.807) is 0 Å². The van der Waals surface area contributed by atoms with E-state index in [0.717, 1.165) is 145 Å². The monoisotopic (exact) mass is 1280 g/mol. The second-order valence-corrected chi connectivity index (χ2v) is 30.3. The van der Waals surface area contributed by atoms with Gasteiger partial charge in [0.05, 0.1) is 109 Å². The van der Waals surface area contributed by atoms with E-state index in [1.807, 2.05) is 0 Å². The van der Waals surface area contributed by atoms with Crippen molar-refractivity contribution >= 4 is 0 Å². The molecule has 12 heteroatoms. The SMILES string of the molecule is CCCCCCCCOc1c2cc(C[N+](C)(C)CCO)cc1Cc1cc(C[N+](C)(C)CCO)cc(c1OCCCCCCCC)Cc1cc(C[N+](C)(C)CCO)cc(c1OCCCCCCCC)Cc1cc(C[N+](C)(C)CCO)cc(c1OCCCCCCCC)C2. The van der Waals surface area contributed by atoms with Gasteiger partial charge >= 0.3 is 0 Å². The standard InChI is InChI=1S/C80H136N4O8/c1-13-17-21-25-29-33-45-89-77-69-49-65(61-81(5,6)37-41-85)50-70(77)58-72-52-67(63-83(9,10)39-43-87)54-74(79(72)91-47-35-31-27-23-19-15-3)60-76-56-68(64-84(11,12)40-44-88)55-75(80(76)92-48-36-32-28-24-20-16-4)59-73-53-66(62-82(7,8)38-42-86)51-71(57-69)78(73)90-46-34-30-26-22-18-14-2/h49-56,85-88H,13-48,57-64H2,1-12H3/q+4. The van der Waals surface area contributed by atoms with Gasteiger partial charge in [-0.05, 0) is 119 Å². The smallest absolute Gasteiger partial charge is 0.126 e. The Morgan fingerprint density at radius 2 is 0.424 bits per heavy atom. The number of rotatable bonds is 48. The molecule has 1 aliphatic rings. The van der Waals surface area contributed by atoms with Gasteiger partial charge in [0, 0.05) is 47.9 Å². The lowest BCUT2D eigenvalue weighted by atomic mass is 9.88. The topological polar surface area (TPSA) is 118 Å². The van der Waals surface area contributed by atoms with Crippen molar-refractivity contribution in [3.8, 4) is 23.0 Å². The molecule has 0 aliphatic heterocycles. The zero-order chi connectivity index (χ0) is 66.8. The number of unbranched alkanes of at least 4 members (excludes halogenated alkanes) is 20. The van der Waals surface area contributed by atoms with Crippen LogP contribution >= 0.6 is 0 Å². The third-order valence-electron chi connectivity index (χ3n) is 19.0. The van der Waals surface area contributed by atoms with E-state index in [2.05, 4.69) is 133 Å². The molecule has 0 radical (unpaired) electrons. The zero-order valence-corrected chi connectivity index (χ0v) is 60.9. The van der Waals surface area contributed by atoms with Crippen LogP contribution in [-0.2, 0) is 51.9 Å². The number of benzene rings is 4. The summed E-state index contributed by atoms with van der Waals surface area (Å²) in [6.07, 6.45) is 30.3. The first-order valence-corrected chi connectivity index (χ1v) is 37.0. The minimum Gasteiger partial charge on any atom is -0.493 e. The number of likely N-dealkylation sites (N-methyl/N-ethyl adjacent to an activating group) is 4. The Kier molecular flexibility index (Phi) is 35.5. The van der Waals surface area contributed by atoms with E-state index in [1.165, 1.54) is 125 Å². The lowest BCUT2D eigenvalue weighted by molar-refractivity contribution is -0.903. The van der Waals surface area contributed by atoms with Gasteiger partial charge in [0.25, 0.3) is 0 Å². The molecule has 8 bridgehead atoms. The molecule has 4 N–H and O–H groups in total. The molecule has 520 valence electrons. The molecule has 5 rings (SSSR count). The minimum atomic E-state index is 0.0983. The predicted molar refractivity (Wildman–Crippen MR) is 384 cm³/mol. The molecule has 0 saturated heterocycles. The van der Waals surface area contributed by atoms with Gasteiger partial charge in [-0.25, -0.2) is 0 Å². The Morgan fingerprint density at radius 1 is 0.261 bits per heavy atom. The van der Waals surface area contributed by atoms with Crippen LogP contribution in [0.5, 0.6) is 23.0 Å². The number of quaternary nitrogens is 4. The minimum absolute atomic E-state index is 0.0983. The van der Waals surface area contributed by atoms with Crippen molar-refractivity contribution in [1.82, 2.24) is 0 Å². The average Bonchev–Trinajstić information content (AvgIpc) is 0.834. The number of ether oxygens (including phenoxy) is 4. The first-order valence-electron chi connectivity index (χ1n) is 37.0. The highest BCUT2D eigenvalue weighted by molar-refractivity contribution is 5.58. The largest absolute Gasteiger partial charge is 0.493 e. The van der Waals surface area contributed by atoms with E-state index in [-0.39, 0.29) is 26.4 Å². The van der Waals surface area contributed by atoms with Gasteiger partial charge < -0.3 is 57.3 Å². The lowest BCUT2D eigenvalue weighted by Crippen LogP contribution is -2.41. The van der Waals surface area contributed by atoms with Crippen LogP contribution in [0.3, 0.4) is 0 Å². The maximum atomic E-state index is 10.5. The fraction of sp³-hybridized carbons (Fsp3) is 0.700. The average molecular weight is 1280 g/mol. The normalized spacial score (nSPS) is 13.0. The van der Waals surface area contributed by atoms with Crippen molar-refractivity contribution in [3.05, 3.63) is 115 Å². The quantitative estimate of drug-likeness (QED) is 0.0225. The summed E-state index contributed by atoms with van der Waals surface area (Å²) in [7, 11) is 17.8. The molecule has 4 aromatic rings. The predicted octanol–water partition coefficient (Wildman–Crippen LogP) is 15.6. The third kappa shape index (κ3) is 28.2. The van der Waals surface area contributed by atoms with Crippen molar-refractivity contribution in [2.45, 2.75) is 234 Å². The number of hydrogen-bond donors (Lipinski definition) is 4. The van der Waals surface area contributed by atoms with Crippen LogP contribution in [0.15, 0.2) is 48.5 Å². The molecule has 0 heterocycles. The Labute approximate surface area is 562 Å². The number of fused-ring (bicyclic) bond motifs is 8. The lowest BCUT2D eigenvalue weighted by Gasteiger charge is -2.31. The zero-order valence-electron chi connectivity index (χ0n) is 60.9. The maximum Gasteiger partial charge on any atom is 0.126 e. The van der Waals surface area contributed by atoms with Crippen molar-refractivity contribution < 1.29 is 57.3 Å². The van der Waals surface area contributed by atoms with Crippen molar-refractivity contribution in [2.75, 3.05) is 135 Å². The van der Waals surface area contributed by atoms with Gasteiger partial charge in [0.15, 0.2) is 0 Å². The summed E-state index contributed by atoms with van der Waals surface area (Å²) in [5.41, 5.74) is 13.9. The van der Waals surface area contributed by atoms with Crippen LogP contribution < -0.4 is 18.9 Å². The van der Waals surface area contributed by atoms with Gasteiger partial charge in [0.2, 0.25) is 0 Å². The molecule has 0 fully saturated rings. The molecule has 4 aromatic carbocycles. The van der Waals surface area contributed by atoms with Gasteiger partial charge in [0.1, 0.15) is 75.4 Å². The van der Waals surface area contributed by atoms with Gasteiger partial charge in [-0.1, -0.05) is 156 Å². The van der Waals surface area contributed by atoms with Gasteiger partial charge in [-0.3, -0.25) is 0 Å². The van der Waals surface area contributed by atoms with Crippen molar-refractivity contribution in [1.29, 1.82) is 0 Å². The molecule has 92 heavy (non-hydrogen) atoms. The first kappa shape index (κ1) is 78.5. The second-order valence-electron chi connectivity index (χ2n) is 30.3. The van der Waals surface area contributed by atoms with Crippen molar-refractivity contribution in [2.24, 2.45) is 0 Å². The van der Waals surface area contributed by atoms with Crippen LogP contribution in [0.25, 0.3) is 0 Å². The Hall–Kier alpha value is -4.24. The number of hydrogen-bond acceptors (Lipinski definition) is 8. The molecule has 0 atom stereocenters. The van der Waals surface area contributed by atoms with Crippen LogP contribution in [-0.4, -0.2) is 174 Å².